The van der Waals surface area contributed by atoms with E-state index >= 15 is 0 Å². The van der Waals surface area contributed by atoms with Crippen molar-refractivity contribution in [3.63, 3.8) is 0 Å². The molecule has 0 aliphatic carbocycles. The number of carbonyl (C=O) groups excluding carboxylic acids is 1. The Kier molecular flexibility index (Phi) is 7.30. The second kappa shape index (κ2) is 8.98. The first-order valence-corrected chi connectivity index (χ1v) is 6.47. The molecule has 0 atom stereocenters. The highest BCUT2D eigenvalue weighted by Gasteiger charge is 2.01. The van der Waals surface area contributed by atoms with Crippen LogP contribution in [0, 0.1) is 6.92 Å². The quantitative estimate of drug-likeness (QED) is 0.409. The molecule has 0 radical (unpaired) electrons. The van der Waals surface area contributed by atoms with Gasteiger partial charge in [-0.3, -0.25) is 9.78 Å². The molecule has 6 nitrogen and oxygen atoms in total. The number of nitrogens with one attached hydrogen (secondary N) is 2. The van der Waals surface area contributed by atoms with E-state index in [0.717, 1.165) is 11.3 Å². The minimum atomic E-state index is -0.253. The molecule has 1 heterocycles. The Morgan fingerprint density at radius 1 is 1.18 bits per heavy atom. The largest absolute Gasteiger partial charge is 0.370 e. The lowest BCUT2D eigenvalue weighted by atomic mass is 10.2. The molecule has 4 N–H and O–H groups in total. The van der Waals surface area contributed by atoms with Gasteiger partial charge in [0.2, 0.25) is 5.91 Å². The third kappa shape index (κ3) is 6.08. The van der Waals surface area contributed by atoms with Gasteiger partial charge < -0.3 is 16.4 Å². The smallest absolute Gasteiger partial charge is 0.246 e. The summed E-state index contributed by atoms with van der Waals surface area (Å²) in [7, 11) is 0. The maximum atomic E-state index is 11.7. The summed E-state index contributed by atoms with van der Waals surface area (Å²) < 4.78 is 0. The van der Waals surface area contributed by atoms with Gasteiger partial charge in [-0.15, -0.1) is 24.0 Å². The van der Waals surface area contributed by atoms with Gasteiger partial charge in [-0.1, -0.05) is 17.7 Å². The second-order valence-electron chi connectivity index (χ2n) is 4.48. The molecule has 2 rings (SSSR count). The number of amides is 1. The number of aryl methyl sites for hydroxylation is 1. The van der Waals surface area contributed by atoms with Gasteiger partial charge in [0, 0.05) is 11.9 Å². The number of nitrogens with zero attached hydrogens (tertiary/aromatic N) is 2. The minimum Gasteiger partial charge on any atom is -0.370 e. The number of guanidine groups is 1. The van der Waals surface area contributed by atoms with Crippen LogP contribution in [0.15, 0.2) is 53.8 Å². The highest BCUT2D eigenvalue weighted by atomic mass is 127. The molecule has 2 aromatic rings. The van der Waals surface area contributed by atoms with Crippen molar-refractivity contribution in [1.82, 2.24) is 4.98 Å². The predicted molar refractivity (Wildman–Crippen MR) is 99.6 cm³/mol. The van der Waals surface area contributed by atoms with Gasteiger partial charge in [0.1, 0.15) is 6.54 Å². The lowest BCUT2D eigenvalue weighted by Gasteiger charge is -2.06. The van der Waals surface area contributed by atoms with E-state index in [2.05, 4.69) is 20.6 Å². The molecule has 0 spiro atoms. The molecule has 1 aromatic heterocycles. The SMILES string of the molecule is Cc1ccc(NC(N)=NCC(=O)Nc2cccnc2)cc1.I. The number of pyridine rings is 1. The lowest BCUT2D eigenvalue weighted by molar-refractivity contribution is -0.114. The van der Waals surface area contributed by atoms with E-state index in [0.29, 0.717) is 5.69 Å². The number of anilines is 2. The summed E-state index contributed by atoms with van der Waals surface area (Å²) in [6, 6.07) is 11.2. The first kappa shape index (κ1) is 17.9. The highest BCUT2D eigenvalue weighted by molar-refractivity contribution is 14.0. The Bertz CT molecular complexity index is 628. The molecular weight excluding hydrogens is 393 g/mol. The molecule has 0 unspecified atom stereocenters. The number of hydrogen-bond acceptors (Lipinski definition) is 3. The van der Waals surface area contributed by atoms with E-state index in [1.165, 1.54) is 0 Å². The highest BCUT2D eigenvalue weighted by Crippen LogP contribution is 2.07. The van der Waals surface area contributed by atoms with Gasteiger partial charge in [-0.25, -0.2) is 4.99 Å². The summed E-state index contributed by atoms with van der Waals surface area (Å²) in [5.41, 5.74) is 8.35. The molecule has 0 bridgehead atoms. The van der Waals surface area contributed by atoms with Crippen LogP contribution in [-0.4, -0.2) is 23.4 Å². The third-order valence-electron chi connectivity index (χ3n) is 2.66. The van der Waals surface area contributed by atoms with E-state index in [1.807, 2.05) is 31.2 Å². The normalized spacial score (nSPS) is 10.5. The van der Waals surface area contributed by atoms with Crippen LogP contribution >= 0.6 is 24.0 Å². The van der Waals surface area contributed by atoms with Crippen LogP contribution in [0.3, 0.4) is 0 Å². The number of benzene rings is 1. The molecule has 116 valence electrons. The first-order valence-electron chi connectivity index (χ1n) is 6.47. The molecule has 0 fully saturated rings. The maximum absolute atomic E-state index is 11.7. The van der Waals surface area contributed by atoms with Crippen molar-refractivity contribution in [2.75, 3.05) is 17.2 Å². The summed E-state index contributed by atoms with van der Waals surface area (Å²) in [4.78, 5) is 19.6. The van der Waals surface area contributed by atoms with Crippen LogP contribution in [0.25, 0.3) is 0 Å². The maximum Gasteiger partial charge on any atom is 0.246 e. The zero-order valence-electron chi connectivity index (χ0n) is 12.1. The number of nitrogens with two attached hydrogens (primary N) is 1. The monoisotopic (exact) mass is 411 g/mol. The van der Waals surface area contributed by atoms with Crippen molar-refractivity contribution in [2.45, 2.75) is 6.92 Å². The average Bonchev–Trinajstić information content (AvgIpc) is 2.49. The number of aromatic nitrogens is 1. The number of halogens is 1. The standard InChI is InChI=1S/C15H17N5O.HI/c1-11-4-6-12(7-5-11)20-15(16)18-10-14(21)19-13-3-2-8-17-9-13;/h2-9H,10H2,1H3,(H,19,21)(H3,16,18,20);1H. The van der Waals surface area contributed by atoms with Crippen molar-refractivity contribution in [2.24, 2.45) is 10.7 Å². The fraction of sp³-hybridized carbons (Fsp3) is 0.133. The average molecular weight is 411 g/mol. The Labute approximate surface area is 146 Å². The van der Waals surface area contributed by atoms with Gasteiger partial charge in [-0.05, 0) is 31.2 Å². The van der Waals surface area contributed by atoms with Crippen molar-refractivity contribution in [3.8, 4) is 0 Å². The van der Waals surface area contributed by atoms with E-state index < -0.39 is 0 Å². The fourth-order valence-electron chi connectivity index (χ4n) is 1.62. The molecule has 0 saturated heterocycles. The van der Waals surface area contributed by atoms with Crippen molar-refractivity contribution >= 4 is 47.2 Å². The number of hydrogen-bond donors (Lipinski definition) is 3. The molecule has 0 aliphatic heterocycles. The molecule has 7 heteroatoms. The summed E-state index contributed by atoms with van der Waals surface area (Å²) >= 11 is 0. The summed E-state index contributed by atoms with van der Waals surface area (Å²) in [6.07, 6.45) is 3.20. The van der Waals surface area contributed by atoms with Gasteiger partial charge in [0.15, 0.2) is 5.96 Å². The topological polar surface area (TPSA) is 92.4 Å². The van der Waals surface area contributed by atoms with E-state index in [9.17, 15) is 4.79 Å². The van der Waals surface area contributed by atoms with Crippen molar-refractivity contribution in [1.29, 1.82) is 0 Å². The van der Waals surface area contributed by atoms with Gasteiger partial charge in [-0.2, -0.15) is 0 Å². The summed E-state index contributed by atoms with van der Waals surface area (Å²) in [5.74, 6) is -0.0585. The molecule has 1 aromatic carbocycles. The lowest BCUT2D eigenvalue weighted by Crippen LogP contribution is -2.25. The van der Waals surface area contributed by atoms with Crippen LogP contribution in [0.5, 0.6) is 0 Å². The van der Waals surface area contributed by atoms with Crippen LogP contribution in [-0.2, 0) is 4.79 Å². The predicted octanol–water partition coefficient (Wildman–Crippen LogP) is 2.37. The Balaban J connectivity index is 0.00000242. The minimum absolute atomic E-state index is 0. The molecule has 1 amide bonds. The number of rotatable bonds is 4. The molecule has 22 heavy (non-hydrogen) atoms. The van der Waals surface area contributed by atoms with E-state index in [-0.39, 0.29) is 42.4 Å². The molecular formula is C15H18IN5O. The van der Waals surface area contributed by atoms with Gasteiger partial charge >= 0.3 is 0 Å². The van der Waals surface area contributed by atoms with Crippen LogP contribution in [0.2, 0.25) is 0 Å². The Hall–Kier alpha value is -2.16. The zero-order valence-corrected chi connectivity index (χ0v) is 14.4. The van der Waals surface area contributed by atoms with E-state index in [1.54, 1.807) is 24.5 Å². The fourth-order valence-corrected chi connectivity index (χ4v) is 1.62. The van der Waals surface area contributed by atoms with Gasteiger partial charge in [0.05, 0.1) is 11.9 Å². The van der Waals surface area contributed by atoms with Crippen LogP contribution < -0.4 is 16.4 Å². The molecule has 0 aliphatic rings. The Morgan fingerprint density at radius 3 is 2.55 bits per heavy atom. The number of aliphatic imine (C=N–C) groups is 1. The van der Waals surface area contributed by atoms with Gasteiger partial charge in [0.25, 0.3) is 0 Å². The second-order valence-corrected chi connectivity index (χ2v) is 4.48. The van der Waals surface area contributed by atoms with Crippen molar-refractivity contribution < 1.29 is 4.79 Å². The third-order valence-corrected chi connectivity index (χ3v) is 2.66. The number of carbonyl (C=O) groups is 1. The molecule has 0 saturated carbocycles. The summed E-state index contributed by atoms with van der Waals surface area (Å²) in [5, 5.41) is 5.60. The first-order chi connectivity index (χ1) is 10.1. The summed E-state index contributed by atoms with van der Waals surface area (Å²) in [6.45, 7) is 1.95. The zero-order chi connectivity index (χ0) is 15.1. The van der Waals surface area contributed by atoms with Crippen LogP contribution in [0.1, 0.15) is 5.56 Å². The Morgan fingerprint density at radius 2 is 1.91 bits per heavy atom. The van der Waals surface area contributed by atoms with E-state index in [4.69, 9.17) is 5.73 Å². The van der Waals surface area contributed by atoms with Crippen LogP contribution in [0.4, 0.5) is 11.4 Å². The van der Waals surface area contributed by atoms with Crippen molar-refractivity contribution in [3.05, 3.63) is 54.4 Å².